The van der Waals surface area contributed by atoms with E-state index in [0.717, 1.165) is 47.6 Å². The van der Waals surface area contributed by atoms with Gasteiger partial charge in [0.2, 0.25) is 0 Å². The van der Waals surface area contributed by atoms with Gasteiger partial charge < -0.3 is 0 Å². The molecule has 0 bridgehead atoms. The molecule has 0 saturated heterocycles. The molecule has 0 nitrogen and oxygen atoms in total. The van der Waals surface area contributed by atoms with E-state index < -0.39 is 0 Å². The Morgan fingerprint density at radius 2 is 1.70 bits per heavy atom. The molecule has 144 valence electrons. The minimum Gasteiger partial charge on any atom is -0.207 e. The van der Waals surface area contributed by atoms with Crippen molar-refractivity contribution in [2.24, 2.45) is 0 Å². The van der Waals surface area contributed by atoms with Gasteiger partial charge in [0.1, 0.15) is 5.82 Å². The second-order valence-electron chi connectivity index (χ2n) is 8.05. The predicted molar refractivity (Wildman–Crippen MR) is 114 cm³/mol. The molecule has 2 aromatic carbocycles. The molecule has 1 fully saturated rings. The molecule has 2 aliphatic carbocycles. The maximum Gasteiger partial charge on any atom is 0.126 e. The summed E-state index contributed by atoms with van der Waals surface area (Å²) in [6, 6.07) is 10.2. The van der Waals surface area contributed by atoms with Crippen LogP contribution in [0.4, 0.5) is 4.39 Å². The Morgan fingerprint density at radius 3 is 2.52 bits per heavy atom. The van der Waals surface area contributed by atoms with E-state index in [1.165, 1.54) is 54.5 Å². The molecule has 0 N–H and O–H groups in total. The number of hydrogen-bond donors (Lipinski definition) is 0. The second-order valence-corrected chi connectivity index (χ2v) is 9.45. The van der Waals surface area contributed by atoms with Gasteiger partial charge in [0, 0.05) is 10.6 Å². The normalized spacial score (nSPS) is 18.1. The summed E-state index contributed by atoms with van der Waals surface area (Å²) < 4.78 is 14.7. The van der Waals surface area contributed by atoms with Crippen LogP contribution in [0, 0.1) is 5.82 Å². The highest BCUT2D eigenvalue weighted by molar-refractivity contribution is 7.98. The molecule has 0 amide bonds. The minimum absolute atomic E-state index is 0.0158. The van der Waals surface area contributed by atoms with Gasteiger partial charge in [-0.25, -0.2) is 4.39 Å². The van der Waals surface area contributed by atoms with Gasteiger partial charge in [-0.15, -0.1) is 11.8 Å². The van der Waals surface area contributed by atoms with Crippen molar-refractivity contribution < 1.29 is 4.39 Å². The molecule has 0 aliphatic heterocycles. The van der Waals surface area contributed by atoms with E-state index in [2.05, 4.69) is 12.1 Å². The zero-order chi connectivity index (χ0) is 18.6. The summed E-state index contributed by atoms with van der Waals surface area (Å²) in [6.45, 7) is 0. The van der Waals surface area contributed by atoms with Gasteiger partial charge in [-0.3, -0.25) is 0 Å². The third kappa shape index (κ3) is 4.54. The topological polar surface area (TPSA) is 0 Å². The van der Waals surface area contributed by atoms with Crippen LogP contribution in [0.25, 0.3) is 0 Å². The van der Waals surface area contributed by atoms with Crippen LogP contribution in [0.2, 0.25) is 5.02 Å². The molecule has 2 aromatic rings. The summed E-state index contributed by atoms with van der Waals surface area (Å²) in [7, 11) is 0. The van der Waals surface area contributed by atoms with Gasteiger partial charge >= 0.3 is 0 Å². The molecule has 0 atom stereocenters. The van der Waals surface area contributed by atoms with E-state index in [-0.39, 0.29) is 5.82 Å². The van der Waals surface area contributed by atoms with Crippen LogP contribution in [0.15, 0.2) is 35.2 Å². The molecule has 0 radical (unpaired) electrons. The first-order valence-corrected chi connectivity index (χ1v) is 11.8. The average molecular weight is 403 g/mol. The Labute approximate surface area is 171 Å². The van der Waals surface area contributed by atoms with Gasteiger partial charge in [-0.05, 0) is 78.8 Å². The Kier molecular flexibility index (Phi) is 6.45. The summed E-state index contributed by atoms with van der Waals surface area (Å²) in [4.78, 5) is 1.22. The molecule has 1 saturated carbocycles. The molecular formula is C24H28ClFS. The fourth-order valence-electron chi connectivity index (χ4n) is 4.66. The summed E-state index contributed by atoms with van der Waals surface area (Å²) >= 11 is 8.32. The first-order chi connectivity index (χ1) is 13.2. The lowest BCUT2D eigenvalue weighted by Gasteiger charge is -2.22. The number of benzene rings is 2. The highest BCUT2D eigenvalue weighted by Gasteiger charge is 2.19. The largest absolute Gasteiger partial charge is 0.207 e. The highest BCUT2D eigenvalue weighted by Crippen LogP contribution is 2.38. The number of fused-ring (bicyclic) bond motifs is 1. The van der Waals surface area contributed by atoms with Crippen molar-refractivity contribution in [3.8, 4) is 0 Å². The minimum atomic E-state index is -0.0158. The van der Waals surface area contributed by atoms with Gasteiger partial charge in [-0.1, -0.05) is 55.5 Å². The molecule has 27 heavy (non-hydrogen) atoms. The SMILES string of the molecule is Fc1cc(CSc2c(Cl)ccc3c2CCCCC3)ccc1C1CCCCC1. The monoisotopic (exact) mass is 402 g/mol. The van der Waals surface area contributed by atoms with Gasteiger partial charge in [0.15, 0.2) is 0 Å². The lowest BCUT2D eigenvalue weighted by atomic mass is 9.83. The van der Waals surface area contributed by atoms with Crippen molar-refractivity contribution in [3.63, 3.8) is 0 Å². The van der Waals surface area contributed by atoms with Crippen molar-refractivity contribution >= 4 is 23.4 Å². The van der Waals surface area contributed by atoms with Crippen molar-refractivity contribution in [1.29, 1.82) is 0 Å². The van der Waals surface area contributed by atoms with E-state index in [0.29, 0.717) is 5.92 Å². The van der Waals surface area contributed by atoms with Gasteiger partial charge in [-0.2, -0.15) is 0 Å². The van der Waals surface area contributed by atoms with Crippen LogP contribution in [-0.2, 0) is 18.6 Å². The quantitative estimate of drug-likeness (QED) is 0.367. The lowest BCUT2D eigenvalue weighted by molar-refractivity contribution is 0.429. The Morgan fingerprint density at radius 1 is 0.926 bits per heavy atom. The van der Waals surface area contributed by atoms with Gasteiger partial charge in [0.05, 0.1) is 5.02 Å². The summed E-state index contributed by atoms with van der Waals surface area (Å²) in [5.74, 6) is 1.18. The van der Waals surface area contributed by atoms with Crippen molar-refractivity contribution in [2.45, 2.75) is 80.8 Å². The van der Waals surface area contributed by atoms with E-state index in [1.54, 1.807) is 17.8 Å². The Balaban J connectivity index is 1.50. The van der Waals surface area contributed by atoms with E-state index in [4.69, 9.17) is 11.6 Å². The van der Waals surface area contributed by atoms with Crippen molar-refractivity contribution in [3.05, 3.63) is 63.4 Å². The number of thioether (sulfide) groups is 1. The molecule has 2 aliphatic rings. The zero-order valence-corrected chi connectivity index (χ0v) is 17.5. The average Bonchev–Trinajstić information content (AvgIpc) is 2.93. The molecule has 4 rings (SSSR count). The first-order valence-electron chi connectivity index (χ1n) is 10.4. The number of halogens is 2. The fraction of sp³-hybridized carbons (Fsp3) is 0.500. The maximum absolute atomic E-state index is 14.7. The zero-order valence-electron chi connectivity index (χ0n) is 15.9. The van der Waals surface area contributed by atoms with Crippen molar-refractivity contribution in [2.75, 3.05) is 0 Å². The van der Waals surface area contributed by atoms with E-state index >= 15 is 0 Å². The van der Waals surface area contributed by atoms with Crippen LogP contribution < -0.4 is 0 Å². The van der Waals surface area contributed by atoms with E-state index in [9.17, 15) is 4.39 Å². The molecule has 0 heterocycles. The smallest absolute Gasteiger partial charge is 0.126 e. The van der Waals surface area contributed by atoms with Crippen molar-refractivity contribution in [1.82, 2.24) is 0 Å². The fourth-order valence-corrected chi connectivity index (χ4v) is 6.10. The lowest BCUT2D eigenvalue weighted by Crippen LogP contribution is -2.06. The maximum atomic E-state index is 14.7. The predicted octanol–water partition coefficient (Wildman–Crippen LogP) is 8.09. The molecule has 0 spiro atoms. The Bertz CT molecular complexity index is 795. The molecule has 0 unspecified atom stereocenters. The van der Waals surface area contributed by atoms with Crippen LogP contribution in [0.5, 0.6) is 0 Å². The summed E-state index contributed by atoms with van der Waals surface area (Å²) in [5.41, 5.74) is 4.87. The Hall–Kier alpha value is -0.990. The summed E-state index contributed by atoms with van der Waals surface area (Å²) in [5, 5.41) is 0.847. The molecule has 3 heteroatoms. The highest BCUT2D eigenvalue weighted by atomic mass is 35.5. The van der Waals surface area contributed by atoms with Crippen LogP contribution in [0.1, 0.15) is 79.5 Å². The van der Waals surface area contributed by atoms with Crippen LogP contribution >= 0.6 is 23.4 Å². The van der Waals surface area contributed by atoms with E-state index in [1.807, 2.05) is 12.1 Å². The second kappa shape index (κ2) is 9.01. The van der Waals surface area contributed by atoms with Crippen LogP contribution in [-0.4, -0.2) is 0 Å². The third-order valence-corrected chi connectivity index (χ3v) is 7.84. The number of hydrogen-bond acceptors (Lipinski definition) is 1. The number of aryl methyl sites for hydroxylation is 1. The third-order valence-electron chi connectivity index (χ3n) is 6.18. The molecule has 0 aromatic heterocycles. The number of rotatable bonds is 4. The van der Waals surface area contributed by atoms with Gasteiger partial charge in [0.25, 0.3) is 0 Å². The first kappa shape index (κ1) is 19.3. The van der Waals surface area contributed by atoms with Crippen LogP contribution in [0.3, 0.4) is 0 Å². The molecular weight excluding hydrogens is 375 g/mol. The summed E-state index contributed by atoms with van der Waals surface area (Å²) in [6.07, 6.45) is 12.1. The standard InChI is InChI=1S/C24H28ClFS/c25-22-14-12-19-9-5-2-6-10-21(19)24(22)27-16-17-11-13-20(23(26)15-17)18-7-3-1-4-8-18/h11-15,18H,1-10,16H2.